The molecule has 0 aliphatic rings. The van der Waals surface area contributed by atoms with E-state index in [4.69, 9.17) is 11.6 Å². The molecule has 0 aliphatic carbocycles. The summed E-state index contributed by atoms with van der Waals surface area (Å²) in [6.45, 7) is 6.33. The number of halogens is 1. The Morgan fingerprint density at radius 1 is 0.944 bits per heavy atom. The summed E-state index contributed by atoms with van der Waals surface area (Å²) in [4.78, 5) is 30.0. The summed E-state index contributed by atoms with van der Waals surface area (Å²) in [5, 5.41) is 3.76. The third-order valence-corrected chi connectivity index (χ3v) is 7.27. The third-order valence-electron chi connectivity index (χ3n) is 5.92. The highest BCUT2D eigenvalue weighted by Gasteiger charge is 2.30. The molecule has 0 aromatic heterocycles. The second-order valence-corrected chi connectivity index (χ2v) is 10.8. The predicted octanol–water partition coefficient (Wildman–Crippen LogP) is 6.69. The molecule has 36 heavy (non-hydrogen) atoms. The average molecular weight is 523 g/mol. The Kier molecular flexibility index (Phi) is 10.9. The van der Waals surface area contributed by atoms with Gasteiger partial charge in [0.05, 0.1) is 0 Å². The van der Waals surface area contributed by atoms with Crippen LogP contribution in [0.25, 0.3) is 0 Å². The summed E-state index contributed by atoms with van der Waals surface area (Å²) in [5.41, 5.74) is 3.19. The van der Waals surface area contributed by atoms with Crippen LogP contribution in [0.5, 0.6) is 0 Å². The van der Waals surface area contributed by atoms with Crippen molar-refractivity contribution in [3.63, 3.8) is 0 Å². The predicted molar refractivity (Wildman–Crippen MR) is 150 cm³/mol. The van der Waals surface area contributed by atoms with Gasteiger partial charge in [-0.05, 0) is 73.9 Å². The Morgan fingerprint density at radius 3 is 2.28 bits per heavy atom. The molecule has 2 amide bonds. The van der Waals surface area contributed by atoms with E-state index >= 15 is 0 Å². The van der Waals surface area contributed by atoms with E-state index < -0.39 is 6.04 Å². The summed E-state index contributed by atoms with van der Waals surface area (Å²) >= 11 is 7.69. The number of aryl methyl sites for hydroxylation is 1. The Labute approximate surface area is 224 Å². The van der Waals surface area contributed by atoms with Gasteiger partial charge in [-0.1, -0.05) is 66.2 Å². The summed E-state index contributed by atoms with van der Waals surface area (Å²) < 4.78 is 0. The summed E-state index contributed by atoms with van der Waals surface area (Å²) in [6, 6.07) is 25.1. The molecule has 0 saturated carbocycles. The lowest BCUT2D eigenvalue weighted by atomic mass is 10.0. The van der Waals surface area contributed by atoms with Crippen molar-refractivity contribution in [2.45, 2.75) is 63.6 Å². The van der Waals surface area contributed by atoms with Crippen molar-refractivity contribution in [3.05, 3.63) is 101 Å². The van der Waals surface area contributed by atoms with Crippen LogP contribution in [0, 0.1) is 6.92 Å². The zero-order valence-corrected chi connectivity index (χ0v) is 22.8. The lowest BCUT2D eigenvalue weighted by molar-refractivity contribution is -0.141. The fourth-order valence-electron chi connectivity index (χ4n) is 3.99. The number of nitrogens with one attached hydrogen (secondary N) is 1. The van der Waals surface area contributed by atoms with Crippen LogP contribution in [0.2, 0.25) is 5.02 Å². The van der Waals surface area contributed by atoms with Crippen LogP contribution in [-0.4, -0.2) is 34.6 Å². The topological polar surface area (TPSA) is 49.4 Å². The first-order valence-electron chi connectivity index (χ1n) is 12.4. The summed E-state index contributed by atoms with van der Waals surface area (Å²) in [7, 11) is 0. The molecule has 0 heterocycles. The van der Waals surface area contributed by atoms with E-state index in [1.54, 1.807) is 16.7 Å². The van der Waals surface area contributed by atoms with Gasteiger partial charge in [0.1, 0.15) is 6.04 Å². The van der Waals surface area contributed by atoms with Gasteiger partial charge in [0, 0.05) is 35.3 Å². The molecule has 0 unspecified atom stereocenters. The SMILES string of the molecule is Cc1ccccc1CN(C(=O)CCCSc1ccc(Cl)cc1)[C@H](Cc1ccccc1)C(=O)NC(C)C. The van der Waals surface area contributed by atoms with Crippen molar-refractivity contribution in [2.24, 2.45) is 0 Å². The maximum absolute atomic E-state index is 13.7. The standard InChI is InChI=1S/C30H35ClN2O2S/c1-22(2)32-30(35)28(20-24-11-5-4-6-12-24)33(21-25-13-8-7-10-23(25)3)29(34)14-9-19-36-27-17-15-26(31)16-18-27/h4-8,10-13,15-18,22,28H,9,14,19-21H2,1-3H3,(H,32,35)/t28-/m1/s1. The Hall–Kier alpha value is -2.76. The summed E-state index contributed by atoms with van der Waals surface area (Å²) in [6.07, 6.45) is 1.57. The van der Waals surface area contributed by atoms with Crippen LogP contribution >= 0.6 is 23.4 Å². The number of rotatable bonds is 12. The minimum absolute atomic E-state index is 0.00482. The van der Waals surface area contributed by atoms with Crippen molar-refractivity contribution < 1.29 is 9.59 Å². The van der Waals surface area contributed by atoms with E-state index in [0.29, 0.717) is 24.4 Å². The first kappa shape index (κ1) is 27.8. The Balaban J connectivity index is 1.79. The summed E-state index contributed by atoms with van der Waals surface area (Å²) in [5.74, 6) is 0.689. The van der Waals surface area contributed by atoms with Gasteiger partial charge in [0.15, 0.2) is 0 Å². The molecule has 3 rings (SSSR count). The van der Waals surface area contributed by atoms with E-state index in [1.807, 2.05) is 99.6 Å². The van der Waals surface area contributed by atoms with Crippen LogP contribution in [0.15, 0.2) is 83.8 Å². The molecule has 0 saturated heterocycles. The number of carbonyl (C=O) groups is 2. The quantitative estimate of drug-likeness (QED) is 0.213. The average Bonchev–Trinajstić information content (AvgIpc) is 2.86. The van der Waals surface area contributed by atoms with Crippen LogP contribution < -0.4 is 5.32 Å². The molecular formula is C30H35ClN2O2S. The maximum Gasteiger partial charge on any atom is 0.243 e. The van der Waals surface area contributed by atoms with Gasteiger partial charge < -0.3 is 10.2 Å². The van der Waals surface area contributed by atoms with E-state index in [9.17, 15) is 9.59 Å². The molecule has 0 spiro atoms. The van der Waals surface area contributed by atoms with E-state index in [0.717, 1.165) is 33.8 Å². The minimum Gasteiger partial charge on any atom is -0.352 e. The first-order chi connectivity index (χ1) is 17.3. The number of benzene rings is 3. The lowest BCUT2D eigenvalue weighted by Crippen LogP contribution is -2.51. The van der Waals surface area contributed by atoms with Crippen molar-refractivity contribution in [1.82, 2.24) is 10.2 Å². The zero-order chi connectivity index (χ0) is 25.9. The number of thioether (sulfide) groups is 1. The molecule has 4 nitrogen and oxygen atoms in total. The number of nitrogens with zero attached hydrogens (tertiary/aromatic N) is 1. The molecule has 0 aliphatic heterocycles. The van der Waals surface area contributed by atoms with Crippen molar-refractivity contribution in [1.29, 1.82) is 0 Å². The van der Waals surface area contributed by atoms with Crippen molar-refractivity contribution in [2.75, 3.05) is 5.75 Å². The molecule has 6 heteroatoms. The zero-order valence-electron chi connectivity index (χ0n) is 21.2. The first-order valence-corrected chi connectivity index (χ1v) is 13.8. The van der Waals surface area contributed by atoms with Gasteiger partial charge in [0.25, 0.3) is 0 Å². The second kappa shape index (κ2) is 14.1. The molecule has 0 radical (unpaired) electrons. The number of hydrogen-bond acceptors (Lipinski definition) is 3. The molecule has 190 valence electrons. The Bertz CT molecular complexity index is 1120. The minimum atomic E-state index is -0.592. The van der Waals surface area contributed by atoms with E-state index in [2.05, 4.69) is 5.32 Å². The number of hydrogen-bond donors (Lipinski definition) is 1. The van der Waals surface area contributed by atoms with Crippen LogP contribution in [-0.2, 0) is 22.6 Å². The molecule has 3 aromatic rings. The van der Waals surface area contributed by atoms with Crippen LogP contribution in [0.1, 0.15) is 43.4 Å². The number of amides is 2. The Morgan fingerprint density at radius 2 is 1.61 bits per heavy atom. The van der Waals surface area contributed by atoms with Crippen molar-refractivity contribution >= 4 is 35.2 Å². The fourth-order valence-corrected chi connectivity index (χ4v) is 4.97. The van der Waals surface area contributed by atoms with Gasteiger partial charge in [-0.15, -0.1) is 11.8 Å². The van der Waals surface area contributed by atoms with Crippen LogP contribution in [0.4, 0.5) is 0 Å². The monoisotopic (exact) mass is 522 g/mol. The van der Waals surface area contributed by atoms with Gasteiger partial charge in [0.2, 0.25) is 11.8 Å². The molecule has 0 bridgehead atoms. The van der Waals surface area contributed by atoms with Crippen LogP contribution in [0.3, 0.4) is 0 Å². The van der Waals surface area contributed by atoms with Gasteiger partial charge >= 0.3 is 0 Å². The lowest BCUT2D eigenvalue weighted by Gasteiger charge is -2.32. The largest absolute Gasteiger partial charge is 0.352 e. The highest BCUT2D eigenvalue weighted by atomic mass is 35.5. The van der Waals surface area contributed by atoms with Crippen molar-refractivity contribution in [3.8, 4) is 0 Å². The van der Waals surface area contributed by atoms with Gasteiger partial charge in [-0.3, -0.25) is 9.59 Å². The highest BCUT2D eigenvalue weighted by Crippen LogP contribution is 2.23. The second-order valence-electron chi connectivity index (χ2n) is 9.22. The molecule has 1 N–H and O–H groups in total. The molecule has 1 atom stereocenters. The molecular weight excluding hydrogens is 488 g/mol. The fraction of sp³-hybridized carbons (Fsp3) is 0.333. The third kappa shape index (κ3) is 8.72. The number of carbonyl (C=O) groups excluding carboxylic acids is 2. The smallest absolute Gasteiger partial charge is 0.243 e. The van der Waals surface area contributed by atoms with E-state index in [-0.39, 0.29) is 17.9 Å². The highest BCUT2D eigenvalue weighted by molar-refractivity contribution is 7.99. The molecule has 3 aromatic carbocycles. The van der Waals surface area contributed by atoms with Gasteiger partial charge in [-0.25, -0.2) is 0 Å². The van der Waals surface area contributed by atoms with E-state index in [1.165, 1.54) is 0 Å². The van der Waals surface area contributed by atoms with Gasteiger partial charge in [-0.2, -0.15) is 0 Å². The maximum atomic E-state index is 13.7. The normalized spacial score (nSPS) is 11.8. The molecule has 0 fully saturated rings.